The van der Waals surface area contributed by atoms with Crippen molar-refractivity contribution in [2.24, 2.45) is 0 Å². The zero-order chi connectivity index (χ0) is 12.5. The number of rotatable bonds is 3. The predicted molar refractivity (Wildman–Crippen MR) is 66.8 cm³/mol. The Hall–Kier alpha value is -0.750. The molecule has 1 heterocycles. The summed E-state index contributed by atoms with van der Waals surface area (Å²) in [7, 11) is -3.15. The Balaban J connectivity index is 3.38. The number of nitrogens with zero attached hydrogens (tertiary/aromatic N) is 1. The number of aromatic amines is 1. The topological polar surface area (TPSA) is 62.8 Å². The summed E-state index contributed by atoms with van der Waals surface area (Å²) >= 11 is 5.11. The van der Waals surface area contributed by atoms with Crippen molar-refractivity contribution in [3.8, 4) is 0 Å². The molecule has 0 saturated carbocycles. The summed E-state index contributed by atoms with van der Waals surface area (Å²) < 4.78 is 23.3. The third-order valence-corrected chi connectivity index (χ3v) is 4.56. The Kier molecular flexibility index (Phi) is 3.85. The van der Waals surface area contributed by atoms with Gasteiger partial charge < -0.3 is 4.98 Å². The van der Waals surface area contributed by atoms with Crippen LogP contribution in [0.1, 0.15) is 36.2 Å². The molecule has 0 aromatic carbocycles. The van der Waals surface area contributed by atoms with Gasteiger partial charge in [0.1, 0.15) is 15.7 Å². The van der Waals surface area contributed by atoms with Crippen molar-refractivity contribution in [2.45, 2.75) is 32.4 Å². The van der Waals surface area contributed by atoms with Crippen LogP contribution in [0, 0.1) is 11.6 Å². The van der Waals surface area contributed by atoms with Crippen LogP contribution in [0.4, 0.5) is 0 Å². The van der Waals surface area contributed by atoms with Gasteiger partial charge in [-0.25, -0.2) is 13.4 Å². The zero-order valence-electron chi connectivity index (χ0n) is 9.86. The maximum Gasteiger partial charge on any atom is 0.157 e. The molecule has 1 N–H and O–H groups in total. The fourth-order valence-electron chi connectivity index (χ4n) is 1.35. The normalized spacial score (nSPS) is 13.8. The summed E-state index contributed by atoms with van der Waals surface area (Å²) in [5.74, 6) is 0.426. The van der Waals surface area contributed by atoms with E-state index in [1.165, 1.54) is 6.26 Å². The van der Waals surface area contributed by atoms with Gasteiger partial charge in [-0.15, -0.1) is 0 Å². The van der Waals surface area contributed by atoms with Gasteiger partial charge in [-0.2, -0.15) is 0 Å². The first-order valence-electron chi connectivity index (χ1n) is 5.06. The van der Waals surface area contributed by atoms with Crippen LogP contribution in [0.3, 0.4) is 0 Å². The Bertz CT molecular complexity index is 546. The minimum Gasteiger partial charge on any atom is -0.346 e. The standard InChI is InChI=1S/C10H16N2O2S2/c1-5-8-6(2)10(15)12-9(11-8)7(3)16(4,13)14/h7H,5H2,1-4H3,(H,11,12,15). The molecule has 1 unspecified atom stereocenters. The van der Waals surface area contributed by atoms with Gasteiger partial charge >= 0.3 is 0 Å². The summed E-state index contributed by atoms with van der Waals surface area (Å²) in [4.78, 5) is 7.18. The van der Waals surface area contributed by atoms with Gasteiger partial charge in [-0.1, -0.05) is 19.1 Å². The third kappa shape index (κ3) is 2.68. The maximum atomic E-state index is 11.4. The predicted octanol–water partition coefficient (Wildman–Crippen LogP) is 2.12. The number of nitrogens with one attached hydrogen (secondary N) is 1. The van der Waals surface area contributed by atoms with E-state index in [4.69, 9.17) is 12.2 Å². The first kappa shape index (κ1) is 13.3. The number of H-pyrrole nitrogens is 1. The molecule has 0 saturated heterocycles. The number of hydrogen-bond donors (Lipinski definition) is 1. The molecule has 1 aromatic rings. The quantitative estimate of drug-likeness (QED) is 0.846. The van der Waals surface area contributed by atoms with Gasteiger partial charge in [0.05, 0.1) is 0 Å². The van der Waals surface area contributed by atoms with E-state index in [0.717, 1.165) is 17.7 Å². The fourth-order valence-corrected chi connectivity index (χ4v) is 2.09. The molecule has 0 aliphatic carbocycles. The zero-order valence-corrected chi connectivity index (χ0v) is 11.5. The van der Waals surface area contributed by atoms with Crippen molar-refractivity contribution in [3.05, 3.63) is 21.7 Å². The minimum absolute atomic E-state index is 0.426. The van der Waals surface area contributed by atoms with Crippen LogP contribution >= 0.6 is 12.2 Å². The molecule has 16 heavy (non-hydrogen) atoms. The van der Waals surface area contributed by atoms with Gasteiger partial charge in [0, 0.05) is 17.5 Å². The van der Waals surface area contributed by atoms with E-state index >= 15 is 0 Å². The molecular formula is C10H16N2O2S2. The fraction of sp³-hybridized carbons (Fsp3) is 0.600. The Morgan fingerprint density at radius 1 is 1.50 bits per heavy atom. The van der Waals surface area contributed by atoms with Gasteiger partial charge in [-0.05, 0) is 20.3 Å². The molecule has 0 spiro atoms. The van der Waals surface area contributed by atoms with E-state index in [2.05, 4.69) is 9.97 Å². The Labute approximate surface area is 101 Å². The SMILES string of the molecule is CCc1[nH]c(C(C)S(C)(=O)=O)nc(=S)c1C. The molecule has 1 rings (SSSR count). The molecule has 0 radical (unpaired) electrons. The van der Waals surface area contributed by atoms with Crippen molar-refractivity contribution in [1.82, 2.24) is 9.97 Å². The molecule has 0 aliphatic heterocycles. The summed E-state index contributed by atoms with van der Waals surface area (Å²) in [5.41, 5.74) is 1.87. The van der Waals surface area contributed by atoms with Crippen LogP contribution < -0.4 is 0 Å². The molecule has 1 atom stereocenters. The smallest absolute Gasteiger partial charge is 0.157 e. The van der Waals surface area contributed by atoms with Crippen molar-refractivity contribution >= 4 is 22.1 Å². The van der Waals surface area contributed by atoms with E-state index in [1.807, 2.05) is 13.8 Å². The second-order valence-electron chi connectivity index (χ2n) is 3.86. The highest BCUT2D eigenvalue weighted by Gasteiger charge is 2.20. The van der Waals surface area contributed by atoms with E-state index in [1.54, 1.807) is 6.92 Å². The van der Waals surface area contributed by atoms with Crippen LogP contribution in [0.25, 0.3) is 0 Å². The average molecular weight is 260 g/mol. The van der Waals surface area contributed by atoms with Crippen LogP contribution in [0.15, 0.2) is 0 Å². The van der Waals surface area contributed by atoms with Crippen molar-refractivity contribution < 1.29 is 8.42 Å². The van der Waals surface area contributed by atoms with Crippen LogP contribution in [-0.4, -0.2) is 24.6 Å². The van der Waals surface area contributed by atoms with E-state index in [-0.39, 0.29) is 0 Å². The van der Waals surface area contributed by atoms with Gasteiger partial charge in [0.2, 0.25) is 0 Å². The molecular weight excluding hydrogens is 244 g/mol. The van der Waals surface area contributed by atoms with Gasteiger partial charge in [0.15, 0.2) is 9.84 Å². The molecule has 0 aliphatic rings. The lowest BCUT2D eigenvalue weighted by atomic mass is 10.2. The Morgan fingerprint density at radius 3 is 2.50 bits per heavy atom. The summed E-state index contributed by atoms with van der Waals surface area (Å²) in [5, 5.41) is -0.653. The maximum absolute atomic E-state index is 11.4. The largest absolute Gasteiger partial charge is 0.346 e. The number of hydrogen-bond acceptors (Lipinski definition) is 4. The lowest BCUT2D eigenvalue weighted by Crippen LogP contribution is -2.13. The molecule has 0 bridgehead atoms. The second kappa shape index (κ2) is 4.63. The van der Waals surface area contributed by atoms with E-state index in [9.17, 15) is 8.42 Å². The van der Waals surface area contributed by atoms with Crippen LogP contribution in [-0.2, 0) is 16.3 Å². The highest BCUT2D eigenvalue weighted by molar-refractivity contribution is 7.90. The molecule has 1 aromatic heterocycles. The molecule has 90 valence electrons. The number of aromatic nitrogens is 2. The number of sulfone groups is 1. The Morgan fingerprint density at radius 2 is 2.06 bits per heavy atom. The second-order valence-corrected chi connectivity index (χ2v) is 6.61. The summed E-state index contributed by atoms with van der Waals surface area (Å²) in [6.07, 6.45) is 1.98. The summed E-state index contributed by atoms with van der Waals surface area (Å²) in [6.45, 7) is 5.49. The average Bonchev–Trinajstić information content (AvgIpc) is 2.19. The minimum atomic E-state index is -3.15. The van der Waals surface area contributed by atoms with E-state index in [0.29, 0.717) is 10.5 Å². The summed E-state index contributed by atoms with van der Waals surface area (Å²) in [6, 6.07) is 0. The molecule has 6 heteroatoms. The third-order valence-electron chi connectivity index (χ3n) is 2.66. The lowest BCUT2D eigenvalue weighted by molar-refractivity contribution is 0.588. The number of aryl methyl sites for hydroxylation is 1. The van der Waals surface area contributed by atoms with Crippen molar-refractivity contribution in [3.63, 3.8) is 0 Å². The van der Waals surface area contributed by atoms with Crippen molar-refractivity contribution in [2.75, 3.05) is 6.26 Å². The monoisotopic (exact) mass is 260 g/mol. The lowest BCUT2D eigenvalue weighted by Gasteiger charge is -2.12. The first-order valence-corrected chi connectivity index (χ1v) is 7.42. The van der Waals surface area contributed by atoms with Gasteiger partial charge in [0.25, 0.3) is 0 Å². The van der Waals surface area contributed by atoms with Crippen LogP contribution in [0.5, 0.6) is 0 Å². The van der Waals surface area contributed by atoms with Crippen LogP contribution in [0.2, 0.25) is 0 Å². The molecule has 0 fully saturated rings. The molecule has 0 amide bonds. The van der Waals surface area contributed by atoms with Crippen molar-refractivity contribution in [1.29, 1.82) is 0 Å². The molecule has 4 nitrogen and oxygen atoms in total. The first-order chi connectivity index (χ1) is 7.27. The highest BCUT2D eigenvalue weighted by atomic mass is 32.2. The highest BCUT2D eigenvalue weighted by Crippen LogP contribution is 2.18. The van der Waals surface area contributed by atoms with Gasteiger partial charge in [-0.3, -0.25) is 0 Å². The van der Waals surface area contributed by atoms with E-state index < -0.39 is 15.1 Å².